The van der Waals surface area contributed by atoms with Crippen molar-refractivity contribution in [2.45, 2.75) is 31.6 Å². The molecule has 0 unspecified atom stereocenters. The molecule has 0 amide bonds. The summed E-state index contributed by atoms with van der Waals surface area (Å²) in [6.07, 6.45) is 1.28. The molecule has 0 radical (unpaired) electrons. The molecule has 126 valence electrons. The van der Waals surface area contributed by atoms with Gasteiger partial charge in [-0.2, -0.15) is 0 Å². The Hall–Kier alpha value is -2.21. The van der Waals surface area contributed by atoms with Gasteiger partial charge in [-0.15, -0.1) is 0 Å². The van der Waals surface area contributed by atoms with Crippen molar-refractivity contribution in [2.24, 2.45) is 0 Å². The lowest BCUT2D eigenvalue weighted by Gasteiger charge is -2.17. The van der Waals surface area contributed by atoms with Crippen LogP contribution in [0, 0.1) is 13.8 Å². The monoisotopic (exact) mass is 345 g/mol. The fourth-order valence-corrected chi connectivity index (χ4v) is 5.04. The number of anilines is 1. The highest BCUT2D eigenvalue weighted by atomic mass is 32.2. The molecular formula is C18H19NO4S. The first kappa shape index (κ1) is 15.3. The van der Waals surface area contributed by atoms with E-state index in [1.54, 1.807) is 0 Å². The highest BCUT2D eigenvalue weighted by Gasteiger charge is 2.34. The average molecular weight is 345 g/mol. The van der Waals surface area contributed by atoms with Crippen molar-refractivity contribution in [3.63, 3.8) is 0 Å². The van der Waals surface area contributed by atoms with E-state index in [0.717, 1.165) is 22.3 Å². The van der Waals surface area contributed by atoms with Crippen LogP contribution in [0.25, 0.3) is 0 Å². The van der Waals surface area contributed by atoms with Crippen LogP contribution in [0.2, 0.25) is 0 Å². The minimum atomic E-state index is -3.76. The molecule has 0 fully saturated rings. The molecule has 0 bridgehead atoms. The van der Waals surface area contributed by atoms with Gasteiger partial charge < -0.3 is 9.47 Å². The molecule has 5 nitrogen and oxygen atoms in total. The number of benzene rings is 2. The Balaban J connectivity index is 1.87. The van der Waals surface area contributed by atoms with Gasteiger partial charge in [0.05, 0.1) is 18.9 Å². The lowest BCUT2D eigenvalue weighted by Crippen LogP contribution is -2.17. The van der Waals surface area contributed by atoms with E-state index in [4.69, 9.17) is 9.47 Å². The number of ether oxygens (including phenoxy) is 2. The predicted molar refractivity (Wildman–Crippen MR) is 91.6 cm³/mol. The van der Waals surface area contributed by atoms with Crippen LogP contribution < -0.4 is 14.2 Å². The lowest BCUT2D eigenvalue weighted by molar-refractivity contribution is 0.348. The van der Waals surface area contributed by atoms with Crippen molar-refractivity contribution < 1.29 is 17.9 Å². The fourth-order valence-electron chi connectivity index (χ4n) is 3.39. The maximum absolute atomic E-state index is 13.2. The lowest BCUT2D eigenvalue weighted by atomic mass is 10.1. The molecule has 0 saturated heterocycles. The number of sulfonamides is 1. The summed E-state index contributed by atoms with van der Waals surface area (Å²) in [6.45, 7) is 4.79. The number of hydrogen-bond donors (Lipinski definition) is 1. The van der Waals surface area contributed by atoms with Crippen LogP contribution in [0.3, 0.4) is 0 Å². The van der Waals surface area contributed by atoms with Crippen LogP contribution in [-0.2, 0) is 22.9 Å². The van der Waals surface area contributed by atoms with E-state index in [-0.39, 0.29) is 4.90 Å². The highest BCUT2D eigenvalue weighted by Crippen LogP contribution is 2.43. The van der Waals surface area contributed by atoms with Gasteiger partial charge in [0, 0.05) is 24.0 Å². The Morgan fingerprint density at radius 3 is 2.50 bits per heavy atom. The van der Waals surface area contributed by atoms with E-state index in [1.807, 2.05) is 38.1 Å². The fraction of sp³-hybridized carbons (Fsp3) is 0.333. The topological polar surface area (TPSA) is 64.6 Å². The van der Waals surface area contributed by atoms with Gasteiger partial charge in [-0.1, -0.05) is 18.2 Å². The van der Waals surface area contributed by atoms with Gasteiger partial charge in [0.1, 0.15) is 16.4 Å². The number of hydrogen-bond acceptors (Lipinski definition) is 4. The summed E-state index contributed by atoms with van der Waals surface area (Å²) in [7, 11) is -3.76. The zero-order valence-corrected chi connectivity index (χ0v) is 14.5. The molecule has 2 aromatic rings. The number of para-hydroxylation sites is 1. The average Bonchev–Trinajstić information content (AvgIpc) is 3.16. The molecule has 24 heavy (non-hydrogen) atoms. The molecule has 0 aliphatic carbocycles. The van der Waals surface area contributed by atoms with Gasteiger partial charge >= 0.3 is 0 Å². The molecule has 2 aromatic carbocycles. The van der Waals surface area contributed by atoms with Gasteiger partial charge in [-0.25, -0.2) is 8.42 Å². The number of rotatable bonds is 3. The van der Waals surface area contributed by atoms with Crippen LogP contribution in [0.5, 0.6) is 11.5 Å². The molecule has 2 aliphatic rings. The first-order valence-electron chi connectivity index (χ1n) is 8.01. The van der Waals surface area contributed by atoms with Crippen molar-refractivity contribution in [3.05, 3.63) is 46.5 Å². The summed E-state index contributed by atoms with van der Waals surface area (Å²) in [4.78, 5) is 0.243. The second kappa shape index (κ2) is 5.41. The van der Waals surface area contributed by atoms with Crippen LogP contribution in [0.15, 0.2) is 29.2 Å². The van der Waals surface area contributed by atoms with E-state index in [2.05, 4.69) is 4.72 Å². The van der Waals surface area contributed by atoms with E-state index >= 15 is 0 Å². The van der Waals surface area contributed by atoms with Crippen molar-refractivity contribution >= 4 is 15.7 Å². The summed E-state index contributed by atoms with van der Waals surface area (Å²) in [5, 5.41) is 0. The highest BCUT2D eigenvalue weighted by molar-refractivity contribution is 7.93. The molecule has 2 heterocycles. The smallest absolute Gasteiger partial charge is 0.266 e. The predicted octanol–water partition coefficient (Wildman–Crippen LogP) is 2.97. The molecule has 4 rings (SSSR count). The van der Waals surface area contributed by atoms with E-state index in [1.165, 1.54) is 0 Å². The summed E-state index contributed by atoms with van der Waals surface area (Å²) in [5.74, 6) is 1.15. The van der Waals surface area contributed by atoms with Crippen LogP contribution in [-0.4, -0.2) is 21.6 Å². The standard InChI is InChI=1S/C18H19NO4S/c1-11-4-3-5-12(2)16(11)19-24(20,21)18-14-7-9-22-15(14)10-13-6-8-23-17(13)18/h3-5,10,19H,6-9H2,1-2H3. The Morgan fingerprint density at radius 1 is 1.04 bits per heavy atom. The third kappa shape index (κ3) is 2.33. The maximum Gasteiger partial charge on any atom is 0.266 e. The van der Waals surface area contributed by atoms with Gasteiger partial charge in [0.25, 0.3) is 10.0 Å². The molecule has 1 N–H and O–H groups in total. The molecule has 0 saturated carbocycles. The third-order valence-electron chi connectivity index (χ3n) is 4.59. The van der Waals surface area contributed by atoms with Gasteiger partial charge in [0.2, 0.25) is 0 Å². The zero-order valence-electron chi connectivity index (χ0n) is 13.7. The summed E-state index contributed by atoms with van der Waals surface area (Å²) >= 11 is 0. The minimum Gasteiger partial charge on any atom is -0.493 e. The molecule has 6 heteroatoms. The molecule has 0 atom stereocenters. The second-order valence-corrected chi connectivity index (χ2v) is 7.86. The Bertz CT molecular complexity index is 882. The second-order valence-electron chi connectivity index (χ2n) is 6.24. The third-order valence-corrected chi connectivity index (χ3v) is 6.03. The first-order chi connectivity index (χ1) is 11.5. The quantitative estimate of drug-likeness (QED) is 0.929. The van der Waals surface area contributed by atoms with E-state index in [9.17, 15) is 8.42 Å². The van der Waals surface area contributed by atoms with Crippen molar-refractivity contribution in [3.8, 4) is 11.5 Å². The van der Waals surface area contributed by atoms with Crippen molar-refractivity contribution in [1.82, 2.24) is 0 Å². The van der Waals surface area contributed by atoms with Crippen LogP contribution >= 0.6 is 0 Å². The van der Waals surface area contributed by atoms with Gasteiger partial charge in [-0.05, 0) is 31.0 Å². The number of aryl methyl sites for hydroxylation is 2. The first-order valence-corrected chi connectivity index (χ1v) is 9.49. The number of fused-ring (bicyclic) bond motifs is 2. The van der Waals surface area contributed by atoms with Gasteiger partial charge in [0.15, 0.2) is 0 Å². The Kier molecular flexibility index (Phi) is 3.46. The van der Waals surface area contributed by atoms with Crippen LogP contribution in [0.4, 0.5) is 5.69 Å². The largest absolute Gasteiger partial charge is 0.493 e. The summed E-state index contributed by atoms with van der Waals surface area (Å²) < 4.78 is 40.4. The number of nitrogens with one attached hydrogen (secondary N) is 1. The Morgan fingerprint density at radius 2 is 1.75 bits per heavy atom. The van der Waals surface area contributed by atoms with Crippen molar-refractivity contribution in [1.29, 1.82) is 0 Å². The van der Waals surface area contributed by atoms with E-state index in [0.29, 0.717) is 43.2 Å². The Labute approximate surface area is 141 Å². The molecular weight excluding hydrogens is 326 g/mol. The normalized spacial score (nSPS) is 15.4. The molecule has 0 spiro atoms. The molecule has 0 aromatic heterocycles. The minimum absolute atomic E-state index is 0.243. The van der Waals surface area contributed by atoms with Crippen molar-refractivity contribution in [2.75, 3.05) is 17.9 Å². The summed E-state index contributed by atoms with van der Waals surface area (Å²) in [6, 6.07) is 7.62. The molecule has 2 aliphatic heterocycles. The maximum atomic E-state index is 13.2. The van der Waals surface area contributed by atoms with Gasteiger partial charge in [-0.3, -0.25) is 4.72 Å². The van der Waals surface area contributed by atoms with E-state index < -0.39 is 10.0 Å². The SMILES string of the molecule is Cc1cccc(C)c1NS(=O)(=O)c1c2c(cc3c1OCC3)OCC2. The van der Waals surface area contributed by atoms with Crippen LogP contribution in [0.1, 0.15) is 22.3 Å². The zero-order chi connectivity index (χ0) is 16.9. The summed E-state index contributed by atoms with van der Waals surface area (Å²) in [5.41, 5.74) is 4.02.